The van der Waals surface area contributed by atoms with E-state index in [9.17, 15) is 31.1 Å². The van der Waals surface area contributed by atoms with Gasteiger partial charge in [0.15, 0.2) is 0 Å². The lowest BCUT2D eigenvalue weighted by Crippen LogP contribution is -2.72. The van der Waals surface area contributed by atoms with Gasteiger partial charge in [-0.15, -0.1) is 0 Å². The molecule has 21 heavy (non-hydrogen) atoms. The predicted octanol–water partition coefficient (Wildman–Crippen LogP) is 3.19. The van der Waals surface area contributed by atoms with Crippen molar-refractivity contribution >= 4 is 11.9 Å². The van der Waals surface area contributed by atoms with E-state index in [2.05, 4.69) is 4.99 Å². The van der Waals surface area contributed by atoms with Gasteiger partial charge in [0.2, 0.25) is 0 Å². The molecule has 0 saturated heterocycles. The lowest BCUT2D eigenvalue weighted by molar-refractivity contribution is -0.302. The zero-order valence-corrected chi connectivity index (χ0v) is 11.0. The molecule has 2 aliphatic rings. The van der Waals surface area contributed by atoms with Crippen molar-refractivity contribution < 1.29 is 31.1 Å². The summed E-state index contributed by atoms with van der Waals surface area (Å²) < 4.78 is 77.3. The van der Waals surface area contributed by atoms with Gasteiger partial charge in [-0.05, 0) is 19.8 Å². The summed E-state index contributed by atoms with van der Waals surface area (Å²) in [6.07, 6.45) is -8.94. The average Bonchev–Trinajstić information content (AvgIpc) is 2.78. The fourth-order valence-electron chi connectivity index (χ4n) is 2.71. The minimum absolute atomic E-state index is 0.409. The molecule has 10 heteroatoms. The normalized spacial score (nSPS) is 24.0. The summed E-state index contributed by atoms with van der Waals surface area (Å²) in [5, 5.41) is 1.02. The molecule has 0 spiro atoms. The predicted molar refractivity (Wildman–Crippen MR) is 60.6 cm³/mol. The molecule has 0 unspecified atom stereocenters. The molecule has 0 radical (unpaired) electrons. The molecule has 0 bridgehead atoms. The number of hydrogen-bond donors (Lipinski definition) is 1. The van der Waals surface area contributed by atoms with Crippen LogP contribution in [-0.2, 0) is 0 Å². The van der Waals surface area contributed by atoms with Crippen LogP contribution in [0.2, 0.25) is 0 Å². The van der Waals surface area contributed by atoms with Crippen molar-refractivity contribution in [3.63, 3.8) is 0 Å². The highest BCUT2D eigenvalue weighted by molar-refractivity contribution is 5.99. The number of carbonyl (C=O) groups excluding carboxylic acids is 1. The number of carbonyl (C=O) groups is 1. The van der Waals surface area contributed by atoms with Crippen molar-refractivity contribution in [1.82, 2.24) is 10.2 Å². The first kappa shape index (κ1) is 15.9. The van der Waals surface area contributed by atoms with E-state index in [0.29, 0.717) is 12.8 Å². The summed E-state index contributed by atoms with van der Waals surface area (Å²) >= 11 is 0. The number of alkyl halides is 6. The first-order chi connectivity index (χ1) is 9.49. The third-order valence-electron chi connectivity index (χ3n) is 3.70. The topological polar surface area (TPSA) is 44.7 Å². The van der Waals surface area contributed by atoms with Gasteiger partial charge < -0.3 is 0 Å². The fourth-order valence-corrected chi connectivity index (χ4v) is 2.71. The summed E-state index contributed by atoms with van der Waals surface area (Å²) in [7, 11) is 0. The number of urea groups is 1. The van der Waals surface area contributed by atoms with Crippen LogP contribution in [0.3, 0.4) is 0 Å². The highest BCUT2D eigenvalue weighted by atomic mass is 19.4. The van der Waals surface area contributed by atoms with Gasteiger partial charge in [0.25, 0.3) is 0 Å². The Morgan fingerprint density at radius 2 is 1.62 bits per heavy atom. The molecule has 1 fully saturated rings. The van der Waals surface area contributed by atoms with Gasteiger partial charge in [-0.25, -0.2) is 9.79 Å². The van der Waals surface area contributed by atoms with Crippen LogP contribution in [0, 0.1) is 0 Å². The third kappa shape index (κ3) is 2.44. The zero-order chi connectivity index (χ0) is 16.1. The highest BCUT2D eigenvalue weighted by Gasteiger charge is 2.74. The van der Waals surface area contributed by atoms with Crippen LogP contribution in [0.15, 0.2) is 4.99 Å². The van der Waals surface area contributed by atoms with E-state index >= 15 is 0 Å². The second-order valence-electron chi connectivity index (χ2n) is 5.10. The van der Waals surface area contributed by atoms with Crippen LogP contribution in [0.1, 0.15) is 32.6 Å². The second-order valence-corrected chi connectivity index (χ2v) is 5.10. The van der Waals surface area contributed by atoms with Gasteiger partial charge >= 0.3 is 24.0 Å². The fraction of sp³-hybridized carbons (Fsp3) is 0.818. The van der Waals surface area contributed by atoms with Crippen molar-refractivity contribution in [1.29, 1.82) is 0 Å². The number of nitrogens with zero attached hydrogens (tertiary/aromatic N) is 2. The van der Waals surface area contributed by atoms with Crippen LogP contribution in [0.25, 0.3) is 0 Å². The molecule has 2 amide bonds. The molecule has 1 aliphatic heterocycles. The minimum atomic E-state index is -5.77. The van der Waals surface area contributed by atoms with Gasteiger partial charge in [-0.1, -0.05) is 12.8 Å². The van der Waals surface area contributed by atoms with Crippen LogP contribution in [0.4, 0.5) is 31.1 Å². The Bertz CT molecular complexity index is 450. The Labute approximate surface area is 116 Å². The molecule has 0 aromatic carbocycles. The summed E-state index contributed by atoms with van der Waals surface area (Å²) in [6, 6.07) is -1.82. The number of halogens is 6. The maximum Gasteiger partial charge on any atom is 0.441 e. The van der Waals surface area contributed by atoms with Crippen LogP contribution >= 0.6 is 0 Å². The summed E-state index contributed by atoms with van der Waals surface area (Å²) in [4.78, 5) is 15.5. The number of nitrogens with one attached hydrogen (secondary N) is 1. The molecule has 0 aromatic rings. The van der Waals surface area contributed by atoms with E-state index in [4.69, 9.17) is 0 Å². The summed E-state index contributed by atoms with van der Waals surface area (Å²) in [6.45, 7) is 0.989. The molecule has 1 saturated carbocycles. The van der Waals surface area contributed by atoms with Gasteiger partial charge in [0.1, 0.15) is 5.84 Å². The molecule has 2 rings (SSSR count). The quantitative estimate of drug-likeness (QED) is 0.742. The maximum absolute atomic E-state index is 12.9. The van der Waals surface area contributed by atoms with Gasteiger partial charge in [0.05, 0.1) is 0 Å². The largest absolute Gasteiger partial charge is 0.441 e. The molecule has 1 aliphatic carbocycles. The lowest BCUT2D eigenvalue weighted by Gasteiger charge is -2.42. The smallest absolute Gasteiger partial charge is 0.298 e. The van der Waals surface area contributed by atoms with E-state index < -0.39 is 35.9 Å². The SMILES string of the molecule is CC1=NC(C(F)(F)F)(C(F)(F)F)NC(=O)N1C1CCCC1. The van der Waals surface area contributed by atoms with E-state index in [-0.39, 0.29) is 0 Å². The van der Waals surface area contributed by atoms with Crippen LogP contribution in [-0.4, -0.2) is 40.8 Å². The Morgan fingerprint density at radius 3 is 2.00 bits per heavy atom. The molecule has 4 nitrogen and oxygen atoms in total. The molecule has 1 N–H and O–H groups in total. The monoisotopic (exact) mass is 317 g/mol. The molecule has 0 atom stereocenters. The van der Waals surface area contributed by atoms with E-state index in [1.807, 2.05) is 0 Å². The van der Waals surface area contributed by atoms with E-state index in [1.54, 1.807) is 0 Å². The van der Waals surface area contributed by atoms with Crippen molar-refractivity contribution in [2.45, 2.75) is 56.7 Å². The minimum Gasteiger partial charge on any atom is -0.298 e. The van der Waals surface area contributed by atoms with Crippen molar-refractivity contribution in [3.8, 4) is 0 Å². The van der Waals surface area contributed by atoms with E-state index in [1.165, 1.54) is 0 Å². The number of amides is 2. The second kappa shape index (κ2) is 4.77. The number of aliphatic imine (C=N–C) groups is 1. The Hall–Kier alpha value is -1.48. The number of amidine groups is 1. The number of rotatable bonds is 1. The third-order valence-corrected chi connectivity index (χ3v) is 3.70. The Kier molecular flexibility index (Phi) is 3.61. The summed E-state index contributed by atoms with van der Waals surface area (Å²) in [5.74, 6) is -0.569. The molecular weight excluding hydrogens is 304 g/mol. The molecule has 0 aromatic heterocycles. The lowest BCUT2D eigenvalue weighted by atomic mass is 10.1. The van der Waals surface area contributed by atoms with Gasteiger partial charge in [-0.3, -0.25) is 10.2 Å². The number of hydrogen-bond acceptors (Lipinski definition) is 2. The molecular formula is C11H13F6N3O. The molecule has 1 heterocycles. The zero-order valence-electron chi connectivity index (χ0n) is 11.0. The first-order valence-corrected chi connectivity index (χ1v) is 6.31. The Morgan fingerprint density at radius 1 is 1.14 bits per heavy atom. The van der Waals surface area contributed by atoms with Crippen LogP contribution in [0.5, 0.6) is 0 Å². The Balaban J connectivity index is 2.46. The maximum atomic E-state index is 12.9. The van der Waals surface area contributed by atoms with Crippen LogP contribution < -0.4 is 5.32 Å². The summed E-state index contributed by atoms with van der Waals surface area (Å²) in [5.41, 5.74) is -4.57. The standard InChI is InChI=1S/C11H13F6N3O/c1-6-18-9(10(12,13)14,11(15,16)17)19-8(21)20(6)7-4-2-3-5-7/h7H,2-5H2,1H3,(H,19,21). The van der Waals surface area contributed by atoms with Gasteiger partial charge in [0, 0.05) is 6.04 Å². The van der Waals surface area contributed by atoms with Crippen molar-refractivity contribution in [3.05, 3.63) is 0 Å². The van der Waals surface area contributed by atoms with E-state index in [0.717, 1.165) is 30.0 Å². The molecule has 120 valence electrons. The van der Waals surface area contributed by atoms with Gasteiger partial charge in [-0.2, -0.15) is 26.3 Å². The highest BCUT2D eigenvalue weighted by Crippen LogP contribution is 2.46. The average molecular weight is 317 g/mol. The van der Waals surface area contributed by atoms with Crippen molar-refractivity contribution in [2.24, 2.45) is 4.99 Å². The first-order valence-electron chi connectivity index (χ1n) is 6.31. The van der Waals surface area contributed by atoms with Crippen molar-refractivity contribution in [2.75, 3.05) is 0 Å².